The summed E-state index contributed by atoms with van der Waals surface area (Å²) in [6.07, 6.45) is -1.19. The summed E-state index contributed by atoms with van der Waals surface area (Å²) in [6.45, 7) is 0. The van der Waals surface area contributed by atoms with Gasteiger partial charge in [-0.3, -0.25) is 0 Å². The first-order valence-corrected chi connectivity index (χ1v) is 4.36. The Balaban J connectivity index is 2.67. The molecule has 0 radical (unpaired) electrons. The molecule has 5 nitrogen and oxygen atoms in total. The summed E-state index contributed by atoms with van der Waals surface area (Å²) >= 11 is 0. The number of hydrogen-bond donors (Lipinski definition) is 3. The molecule has 3 N–H and O–H groups in total. The highest BCUT2D eigenvalue weighted by molar-refractivity contribution is 5.79. The molecule has 80 valence electrons. The van der Waals surface area contributed by atoms with Crippen molar-refractivity contribution in [2.24, 2.45) is 0 Å². The lowest BCUT2D eigenvalue weighted by atomic mass is 10.1. The lowest BCUT2D eigenvalue weighted by molar-refractivity contribution is -0.139. The van der Waals surface area contributed by atoms with E-state index in [1.54, 1.807) is 24.3 Å². The van der Waals surface area contributed by atoms with Crippen molar-refractivity contribution >= 4 is 12.1 Å². The van der Waals surface area contributed by atoms with Crippen LogP contribution >= 0.6 is 0 Å². The molecule has 0 unspecified atom stereocenters. The van der Waals surface area contributed by atoms with E-state index in [1.807, 2.05) is 11.4 Å². The molecule has 0 saturated heterocycles. The van der Waals surface area contributed by atoms with Gasteiger partial charge in [-0.15, -0.1) is 0 Å². The van der Waals surface area contributed by atoms with Crippen molar-refractivity contribution in [3.63, 3.8) is 0 Å². The minimum absolute atomic E-state index is 0.141. The number of nitrogens with one attached hydrogen (secondary N) is 1. The first-order chi connectivity index (χ1) is 7.09. The Morgan fingerprint density at radius 3 is 2.27 bits per heavy atom. The van der Waals surface area contributed by atoms with E-state index < -0.39 is 18.1 Å². The Morgan fingerprint density at radius 2 is 1.80 bits per heavy atom. The van der Waals surface area contributed by atoms with Crippen molar-refractivity contribution in [2.45, 2.75) is 12.5 Å². The van der Waals surface area contributed by atoms with Crippen molar-refractivity contribution in [3.05, 3.63) is 35.9 Å². The summed E-state index contributed by atoms with van der Waals surface area (Å²) in [5.74, 6) is -1.18. The van der Waals surface area contributed by atoms with E-state index in [0.717, 1.165) is 5.56 Å². The first-order valence-electron chi connectivity index (χ1n) is 4.36. The summed E-state index contributed by atoms with van der Waals surface area (Å²) in [6, 6.07) is 7.75. The topological polar surface area (TPSA) is 86.6 Å². The number of carboxylic acid groups (broad SMARTS) is 2. The van der Waals surface area contributed by atoms with Crippen molar-refractivity contribution < 1.29 is 19.8 Å². The predicted octanol–water partition coefficient (Wildman–Crippen LogP) is 0.950. The van der Waals surface area contributed by atoms with Crippen LogP contribution in [0.1, 0.15) is 5.56 Å². The third-order valence-electron chi connectivity index (χ3n) is 1.88. The molecule has 0 fully saturated rings. The quantitative estimate of drug-likeness (QED) is 0.689. The Hall–Kier alpha value is -2.04. The van der Waals surface area contributed by atoms with Gasteiger partial charge in [0, 0.05) is 6.42 Å². The average molecular weight is 209 g/mol. The van der Waals surface area contributed by atoms with Crippen LogP contribution in [0.15, 0.2) is 30.3 Å². The molecular formula is C10H11NO4. The number of aliphatic carboxylic acids is 1. The fraction of sp³-hybridized carbons (Fsp3) is 0.200. The van der Waals surface area contributed by atoms with Crippen molar-refractivity contribution in [3.8, 4) is 0 Å². The molecule has 5 heteroatoms. The number of carbonyl (C=O) groups is 2. The van der Waals surface area contributed by atoms with Gasteiger partial charge in [-0.05, 0) is 5.56 Å². The molecule has 0 heterocycles. The highest BCUT2D eigenvalue weighted by atomic mass is 16.4. The van der Waals surface area contributed by atoms with Gasteiger partial charge in [-0.25, -0.2) is 9.59 Å². The number of carboxylic acids is 1. The van der Waals surface area contributed by atoms with E-state index in [2.05, 4.69) is 0 Å². The maximum Gasteiger partial charge on any atom is 0.405 e. The maximum absolute atomic E-state index is 10.7. The monoisotopic (exact) mass is 209 g/mol. The van der Waals surface area contributed by atoms with Gasteiger partial charge in [0.05, 0.1) is 0 Å². The zero-order chi connectivity index (χ0) is 11.3. The molecule has 0 bridgehead atoms. The molecule has 0 aromatic heterocycles. The largest absolute Gasteiger partial charge is 0.480 e. The number of rotatable bonds is 4. The SMILES string of the molecule is O=C(O)N[C@@H](Cc1ccccc1)C(=O)O. The van der Waals surface area contributed by atoms with Crippen molar-refractivity contribution in [2.75, 3.05) is 0 Å². The Bertz CT molecular complexity index is 350. The zero-order valence-corrected chi connectivity index (χ0v) is 7.88. The third-order valence-corrected chi connectivity index (χ3v) is 1.88. The molecule has 1 aromatic carbocycles. The molecule has 1 atom stereocenters. The smallest absolute Gasteiger partial charge is 0.405 e. The highest BCUT2D eigenvalue weighted by Crippen LogP contribution is 2.03. The fourth-order valence-electron chi connectivity index (χ4n) is 1.20. The molecule has 1 rings (SSSR count). The number of amides is 1. The summed E-state index contributed by atoms with van der Waals surface area (Å²) in [4.78, 5) is 21.0. The van der Waals surface area contributed by atoms with E-state index in [1.165, 1.54) is 0 Å². The molecule has 0 saturated carbocycles. The van der Waals surface area contributed by atoms with E-state index in [0.29, 0.717) is 0 Å². The van der Waals surface area contributed by atoms with Crippen LogP contribution in [0, 0.1) is 0 Å². The summed E-state index contributed by atoms with van der Waals surface area (Å²) in [7, 11) is 0. The number of benzene rings is 1. The Kier molecular flexibility index (Phi) is 3.68. The van der Waals surface area contributed by atoms with Crippen LogP contribution in [0.2, 0.25) is 0 Å². The fourth-order valence-corrected chi connectivity index (χ4v) is 1.20. The van der Waals surface area contributed by atoms with Crippen LogP contribution in [-0.4, -0.2) is 28.3 Å². The lowest BCUT2D eigenvalue weighted by Crippen LogP contribution is -2.41. The Labute approximate surface area is 86.4 Å². The second-order valence-electron chi connectivity index (χ2n) is 3.03. The van der Waals surface area contributed by atoms with Crippen LogP contribution in [-0.2, 0) is 11.2 Å². The lowest BCUT2D eigenvalue weighted by Gasteiger charge is -2.11. The second-order valence-corrected chi connectivity index (χ2v) is 3.03. The zero-order valence-electron chi connectivity index (χ0n) is 7.88. The van der Waals surface area contributed by atoms with Gasteiger partial charge in [0.1, 0.15) is 6.04 Å². The molecule has 0 aliphatic heterocycles. The minimum atomic E-state index is -1.33. The van der Waals surface area contributed by atoms with Gasteiger partial charge in [-0.2, -0.15) is 0 Å². The van der Waals surface area contributed by atoms with Crippen molar-refractivity contribution in [1.82, 2.24) is 5.32 Å². The van der Waals surface area contributed by atoms with Crippen molar-refractivity contribution in [1.29, 1.82) is 0 Å². The standard InChI is InChI=1S/C10H11NO4/c12-9(13)8(11-10(14)15)6-7-4-2-1-3-5-7/h1-5,8,11H,6H2,(H,12,13)(H,14,15)/t8-/m0/s1. The molecule has 1 amide bonds. The third kappa shape index (κ3) is 3.68. The van der Waals surface area contributed by atoms with Gasteiger partial charge in [0.15, 0.2) is 0 Å². The van der Waals surface area contributed by atoms with E-state index in [-0.39, 0.29) is 6.42 Å². The molecule has 1 aromatic rings. The highest BCUT2D eigenvalue weighted by Gasteiger charge is 2.19. The second kappa shape index (κ2) is 4.99. The first kappa shape index (κ1) is 11.0. The minimum Gasteiger partial charge on any atom is -0.480 e. The van der Waals surface area contributed by atoms with Gasteiger partial charge in [0.2, 0.25) is 0 Å². The van der Waals surface area contributed by atoms with Crippen LogP contribution in [0.5, 0.6) is 0 Å². The van der Waals surface area contributed by atoms with Gasteiger partial charge in [0.25, 0.3) is 0 Å². The summed E-state index contributed by atoms with van der Waals surface area (Å²) < 4.78 is 0. The molecule has 0 aliphatic rings. The van der Waals surface area contributed by atoms with Crippen LogP contribution in [0.4, 0.5) is 4.79 Å². The summed E-state index contributed by atoms with van der Waals surface area (Å²) in [5.41, 5.74) is 0.777. The van der Waals surface area contributed by atoms with E-state index >= 15 is 0 Å². The van der Waals surface area contributed by atoms with E-state index in [9.17, 15) is 9.59 Å². The van der Waals surface area contributed by atoms with E-state index in [4.69, 9.17) is 10.2 Å². The predicted molar refractivity (Wildman–Crippen MR) is 52.7 cm³/mol. The van der Waals surface area contributed by atoms with Crippen LogP contribution in [0.3, 0.4) is 0 Å². The van der Waals surface area contributed by atoms with Gasteiger partial charge < -0.3 is 15.5 Å². The Morgan fingerprint density at radius 1 is 1.20 bits per heavy atom. The van der Waals surface area contributed by atoms with Crippen LogP contribution in [0.25, 0.3) is 0 Å². The van der Waals surface area contributed by atoms with Gasteiger partial charge in [-0.1, -0.05) is 30.3 Å². The van der Waals surface area contributed by atoms with Gasteiger partial charge >= 0.3 is 12.1 Å². The maximum atomic E-state index is 10.7. The number of hydrogen-bond acceptors (Lipinski definition) is 2. The molecule has 0 aliphatic carbocycles. The molecule has 15 heavy (non-hydrogen) atoms. The average Bonchev–Trinajstić information content (AvgIpc) is 2.17. The van der Waals surface area contributed by atoms with Crippen LogP contribution < -0.4 is 5.32 Å². The molecule has 0 spiro atoms. The molecular weight excluding hydrogens is 198 g/mol. The normalized spacial score (nSPS) is 11.7. The summed E-state index contributed by atoms with van der Waals surface area (Å²) in [5, 5.41) is 19.1.